The Morgan fingerprint density at radius 1 is 1.36 bits per heavy atom. The van der Waals surface area contributed by atoms with Crippen molar-refractivity contribution in [2.45, 2.75) is 6.18 Å². The highest BCUT2D eigenvalue weighted by Crippen LogP contribution is 2.24. The molecule has 0 spiro atoms. The maximum absolute atomic E-state index is 11.8. The molecule has 0 aliphatic rings. The van der Waals surface area contributed by atoms with Crippen molar-refractivity contribution < 1.29 is 23.4 Å². The van der Waals surface area contributed by atoms with Gasteiger partial charge in [0.15, 0.2) is 5.76 Å². The molecule has 1 rings (SSSR count). The predicted octanol–water partition coefficient (Wildman–Crippen LogP) is 3.25. The van der Waals surface area contributed by atoms with Crippen LogP contribution in [0.1, 0.15) is 4.88 Å². The Labute approximate surface area is 81.2 Å². The molecular formula is C8H5F3O2S. The van der Waals surface area contributed by atoms with Crippen molar-refractivity contribution in [2.75, 3.05) is 0 Å². The van der Waals surface area contributed by atoms with E-state index in [1.807, 2.05) is 0 Å². The van der Waals surface area contributed by atoms with Gasteiger partial charge in [-0.05, 0) is 17.2 Å². The molecule has 0 atom stereocenters. The second-order valence-corrected chi connectivity index (χ2v) is 3.24. The molecule has 1 aromatic rings. The molecule has 0 aliphatic heterocycles. The van der Waals surface area contributed by atoms with Gasteiger partial charge in [0.25, 0.3) is 0 Å². The number of allylic oxidation sites excluding steroid dienone is 1. The molecule has 0 fully saturated rings. The third kappa shape index (κ3) is 2.55. The van der Waals surface area contributed by atoms with E-state index in [0.717, 1.165) is 11.3 Å². The molecule has 0 aliphatic carbocycles. The fourth-order valence-corrected chi connectivity index (χ4v) is 1.28. The quantitative estimate of drug-likeness (QED) is 0.565. The molecule has 0 unspecified atom stereocenters. The van der Waals surface area contributed by atoms with Crippen LogP contribution in [0.25, 0.3) is 5.76 Å². The van der Waals surface area contributed by atoms with Gasteiger partial charge in [-0.2, -0.15) is 13.2 Å². The van der Waals surface area contributed by atoms with Crippen molar-refractivity contribution in [1.29, 1.82) is 0 Å². The van der Waals surface area contributed by atoms with Gasteiger partial charge in [0, 0.05) is 0 Å². The minimum Gasteiger partial charge on any atom is -0.500 e. The van der Waals surface area contributed by atoms with E-state index in [1.165, 1.54) is 11.8 Å². The standard InChI is InChI=1S/C8H5F3O2S/c9-8(10,11)7(13)4-5(12)6-2-1-3-14-6/h1-3,12-13H. The van der Waals surface area contributed by atoms with E-state index in [9.17, 15) is 13.2 Å². The number of aliphatic hydroxyl groups is 2. The van der Waals surface area contributed by atoms with Gasteiger partial charge in [0.2, 0.25) is 5.76 Å². The molecule has 76 valence electrons. The molecule has 6 heteroatoms. The molecule has 1 heterocycles. The second-order valence-electron chi connectivity index (χ2n) is 2.30. The lowest BCUT2D eigenvalue weighted by molar-refractivity contribution is -0.120. The summed E-state index contributed by atoms with van der Waals surface area (Å²) in [4.78, 5) is 0.209. The molecule has 2 nitrogen and oxygen atoms in total. The van der Waals surface area contributed by atoms with E-state index < -0.39 is 17.7 Å². The van der Waals surface area contributed by atoms with Gasteiger partial charge in [-0.3, -0.25) is 0 Å². The van der Waals surface area contributed by atoms with Gasteiger partial charge >= 0.3 is 6.18 Å². The summed E-state index contributed by atoms with van der Waals surface area (Å²) in [6.45, 7) is 0. The van der Waals surface area contributed by atoms with Crippen LogP contribution in [-0.4, -0.2) is 16.4 Å². The molecular weight excluding hydrogens is 217 g/mol. The third-order valence-electron chi connectivity index (χ3n) is 1.26. The largest absolute Gasteiger partial charge is 0.500 e. The molecule has 0 saturated heterocycles. The van der Waals surface area contributed by atoms with Crippen LogP contribution < -0.4 is 0 Å². The average molecular weight is 222 g/mol. The number of halogens is 3. The number of aliphatic hydroxyl groups excluding tert-OH is 2. The van der Waals surface area contributed by atoms with E-state index >= 15 is 0 Å². The smallest absolute Gasteiger partial charge is 0.456 e. The average Bonchev–Trinajstić information content (AvgIpc) is 2.53. The zero-order valence-corrected chi connectivity index (χ0v) is 7.49. The maximum atomic E-state index is 11.8. The van der Waals surface area contributed by atoms with E-state index in [2.05, 4.69) is 0 Å². The normalized spacial score (nSPS) is 10.8. The first-order valence-corrected chi connectivity index (χ1v) is 4.29. The van der Waals surface area contributed by atoms with Crippen LogP contribution >= 0.6 is 11.3 Å². The van der Waals surface area contributed by atoms with Crippen LogP contribution in [-0.2, 0) is 0 Å². The SMILES string of the molecule is OC(=C=C(O)C(F)(F)F)c1cccs1. The first-order valence-electron chi connectivity index (χ1n) is 3.41. The zero-order valence-electron chi connectivity index (χ0n) is 6.67. The summed E-state index contributed by atoms with van der Waals surface area (Å²) in [6.07, 6.45) is -4.88. The van der Waals surface area contributed by atoms with Gasteiger partial charge < -0.3 is 10.2 Å². The fraction of sp³-hybridized carbons (Fsp3) is 0.125. The fourth-order valence-electron chi connectivity index (χ4n) is 0.658. The first-order chi connectivity index (χ1) is 6.41. The van der Waals surface area contributed by atoms with Crippen LogP contribution in [0.3, 0.4) is 0 Å². The number of rotatable bonds is 1. The summed E-state index contributed by atoms with van der Waals surface area (Å²) in [5.41, 5.74) is 1.45. The van der Waals surface area contributed by atoms with Gasteiger partial charge in [-0.25, -0.2) is 0 Å². The van der Waals surface area contributed by atoms with Crippen molar-refractivity contribution >= 4 is 17.1 Å². The van der Waals surface area contributed by atoms with E-state index in [0.29, 0.717) is 0 Å². The van der Waals surface area contributed by atoms with E-state index in [1.54, 1.807) is 11.4 Å². The van der Waals surface area contributed by atoms with E-state index in [4.69, 9.17) is 10.2 Å². The summed E-state index contributed by atoms with van der Waals surface area (Å²) in [6, 6.07) is 2.97. The Kier molecular flexibility index (Phi) is 2.88. The molecule has 0 amide bonds. The second kappa shape index (κ2) is 3.77. The number of hydrogen-bond acceptors (Lipinski definition) is 3. The van der Waals surface area contributed by atoms with Crippen LogP contribution in [0.2, 0.25) is 0 Å². The Morgan fingerprint density at radius 2 is 2.00 bits per heavy atom. The summed E-state index contributed by atoms with van der Waals surface area (Å²) in [7, 11) is 0. The van der Waals surface area contributed by atoms with Crippen molar-refractivity contribution in [3.05, 3.63) is 33.9 Å². The number of hydrogen-bond donors (Lipinski definition) is 2. The number of thiophene rings is 1. The highest BCUT2D eigenvalue weighted by molar-refractivity contribution is 7.11. The molecule has 0 bridgehead atoms. The zero-order chi connectivity index (χ0) is 10.8. The van der Waals surface area contributed by atoms with Gasteiger partial charge in [0.1, 0.15) is 0 Å². The first kappa shape index (κ1) is 10.7. The molecule has 1 aromatic heterocycles. The monoisotopic (exact) mass is 222 g/mol. The van der Waals surface area contributed by atoms with Crippen LogP contribution in [0.15, 0.2) is 29.0 Å². The van der Waals surface area contributed by atoms with Crippen LogP contribution in [0.5, 0.6) is 0 Å². The lowest BCUT2D eigenvalue weighted by Crippen LogP contribution is -2.10. The van der Waals surface area contributed by atoms with Gasteiger partial charge in [0.05, 0.1) is 4.88 Å². The van der Waals surface area contributed by atoms with Crippen LogP contribution in [0, 0.1) is 0 Å². The highest BCUT2D eigenvalue weighted by Gasteiger charge is 2.34. The Morgan fingerprint density at radius 3 is 2.43 bits per heavy atom. The minimum atomic E-state index is -4.88. The van der Waals surface area contributed by atoms with Crippen molar-refractivity contribution in [1.82, 2.24) is 0 Å². The van der Waals surface area contributed by atoms with Crippen molar-refractivity contribution in [3.8, 4) is 0 Å². The Hall–Kier alpha value is -1.39. The van der Waals surface area contributed by atoms with Crippen LogP contribution in [0.4, 0.5) is 13.2 Å². The minimum absolute atomic E-state index is 0.209. The Bertz CT molecular complexity index is 372. The molecule has 2 N–H and O–H groups in total. The number of alkyl halides is 3. The summed E-state index contributed by atoms with van der Waals surface area (Å²) in [5, 5.41) is 19.1. The Balaban J connectivity index is 3.10. The maximum Gasteiger partial charge on any atom is 0.456 e. The summed E-state index contributed by atoms with van der Waals surface area (Å²) in [5.74, 6) is -2.67. The van der Waals surface area contributed by atoms with E-state index in [-0.39, 0.29) is 4.88 Å². The molecule has 0 aromatic carbocycles. The lowest BCUT2D eigenvalue weighted by Gasteiger charge is -2.00. The van der Waals surface area contributed by atoms with Gasteiger partial charge in [-0.15, -0.1) is 11.3 Å². The topological polar surface area (TPSA) is 40.5 Å². The lowest BCUT2D eigenvalue weighted by atomic mass is 10.4. The molecule has 14 heavy (non-hydrogen) atoms. The predicted molar refractivity (Wildman–Crippen MR) is 46.1 cm³/mol. The summed E-state index contributed by atoms with van der Waals surface area (Å²) >= 11 is 1.04. The third-order valence-corrected chi connectivity index (χ3v) is 2.14. The molecule has 0 radical (unpaired) electrons. The van der Waals surface area contributed by atoms with Crippen molar-refractivity contribution in [2.24, 2.45) is 0 Å². The van der Waals surface area contributed by atoms with Gasteiger partial charge in [-0.1, -0.05) is 6.07 Å². The van der Waals surface area contributed by atoms with Crippen molar-refractivity contribution in [3.63, 3.8) is 0 Å². The molecule has 0 saturated carbocycles. The highest BCUT2D eigenvalue weighted by atomic mass is 32.1. The summed E-state index contributed by atoms with van der Waals surface area (Å²) < 4.78 is 35.3.